The van der Waals surface area contributed by atoms with Crippen molar-refractivity contribution in [2.45, 2.75) is 10.1 Å². The molecule has 0 atom stereocenters. The molecule has 0 saturated heterocycles. The molecule has 0 saturated carbocycles. The van der Waals surface area contributed by atoms with E-state index in [4.69, 9.17) is 11.6 Å². The number of thiazole rings is 1. The van der Waals surface area contributed by atoms with Crippen LogP contribution in [0.3, 0.4) is 0 Å². The van der Waals surface area contributed by atoms with Crippen LogP contribution in [0.25, 0.3) is 10.6 Å². The molecule has 0 aliphatic rings. The number of rotatable bonds is 4. The molecule has 0 unspecified atom stereocenters. The van der Waals surface area contributed by atoms with Crippen LogP contribution in [0.5, 0.6) is 0 Å². The zero-order valence-electron chi connectivity index (χ0n) is 9.62. The molecule has 2 aromatic heterocycles. The lowest BCUT2D eigenvalue weighted by Crippen LogP contribution is -1.82. The van der Waals surface area contributed by atoms with Gasteiger partial charge < -0.3 is 0 Å². The van der Waals surface area contributed by atoms with Crippen LogP contribution in [0, 0.1) is 0 Å². The largest absolute Gasteiger partial charge is 0.240 e. The SMILES string of the molecule is Clc1ccccc1-c1nc(CSc2nncs2)cs1. The number of thioether (sulfide) groups is 1. The topological polar surface area (TPSA) is 38.7 Å². The van der Waals surface area contributed by atoms with Gasteiger partial charge in [0.05, 0.1) is 10.7 Å². The first-order valence-electron chi connectivity index (χ1n) is 5.41. The molecule has 3 aromatic rings. The molecule has 0 spiro atoms. The molecular formula is C12H8ClN3S3. The van der Waals surface area contributed by atoms with Gasteiger partial charge in [-0.2, -0.15) is 0 Å². The lowest BCUT2D eigenvalue weighted by atomic mass is 10.2. The highest BCUT2D eigenvalue weighted by Gasteiger charge is 2.08. The van der Waals surface area contributed by atoms with Gasteiger partial charge in [-0.05, 0) is 6.07 Å². The minimum atomic E-state index is 0.736. The Morgan fingerprint density at radius 2 is 2.11 bits per heavy atom. The average molecular weight is 326 g/mol. The molecule has 1 aromatic carbocycles. The first-order chi connectivity index (χ1) is 9.33. The Hall–Kier alpha value is -0.950. The maximum absolute atomic E-state index is 6.17. The predicted octanol–water partition coefficient (Wildman–Crippen LogP) is 4.61. The Labute approximate surface area is 127 Å². The molecule has 0 fully saturated rings. The first kappa shape index (κ1) is 13.1. The highest BCUT2D eigenvalue weighted by molar-refractivity contribution is 8.00. The molecule has 0 radical (unpaired) electrons. The van der Waals surface area contributed by atoms with Gasteiger partial charge in [0.25, 0.3) is 0 Å². The van der Waals surface area contributed by atoms with Crippen LogP contribution in [-0.2, 0) is 5.75 Å². The average Bonchev–Trinajstić information content (AvgIpc) is 3.08. The number of benzene rings is 1. The summed E-state index contributed by atoms with van der Waals surface area (Å²) in [5, 5.41) is 11.6. The number of hydrogen-bond acceptors (Lipinski definition) is 6. The van der Waals surface area contributed by atoms with Crippen LogP contribution in [-0.4, -0.2) is 15.2 Å². The van der Waals surface area contributed by atoms with Gasteiger partial charge in [0.2, 0.25) is 0 Å². The predicted molar refractivity (Wildman–Crippen MR) is 82.0 cm³/mol. The van der Waals surface area contributed by atoms with E-state index >= 15 is 0 Å². The van der Waals surface area contributed by atoms with Gasteiger partial charge in [-0.25, -0.2) is 4.98 Å². The van der Waals surface area contributed by atoms with Gasteiger partial charge >= 0.3 is 0 Å². The second-order valence-corrected chi connectivity index (χ2v) is 6.94. The fraction of sp³-hybridized carbons (Fsp3) is 0.0833. The highest BCUT2D eigenvalue weighted by atomic mass is 35.5. The Morgan fingerprint density at radius 3 is 2.89 bits per heavy atom. The Kier molecular flexibility index (Phi) is 4.12. The molecule has 96 valence electrons. The van der Waals surface area contributed by atoms with Crippen molar-refractivity contribution in [2.75, 3.05) is 0 Å². The second kappa shape index (κ2) is 6.00. The fourth-order valence-corrected chi connectivity index (χ4v) is 4.12. The highest BCUT2D eigenvalue weighted by Crippen LogP contribution is 2.32. The van der Waals surface area contributed by atoms with Crippen LogP contribution in [0.15, 0.2) is 39.5 Å². The van der Waals surface area contributed by atoms with E-state index in [9.17, 15) is 0 Å². The molecule has 3 rings (SSSR count). The van der Waals surface area contributed by atoms with Crippen molar-refractivity contribution in [1.82, 2.24) is 15.2 Å². The van der Waals surface area contributed by atoms with Gasteiger partial charge in [0.15, 0.2) is 4.34 Å². The van der Waals surface area contributed by atoms with Crippen molar-refractivity contribution in [3.8, 4) is 10.6 Å². The van der Waals surface area contributed by atoms with Crippen LogP contribution in [0.2, 0.25) is 5.02 Å². The van der Waals surface area contributed by atoms with Gasteiger partial charge in [0.1, 0.15) is 10.5 Å². The van der Waals surface area contributed by atoms with E-state index in [0.717, 1.165) is 31.4 Å². The number of nitrogens with zero attached hydrogens (tertiary/aromatic N) is 3. The number of hydrogen-bond donors (Lipinski definition) is 0. The van der Waals surface area contributed by atoms with Crippen LogP contribution < -0.4 is 0 Å². The van der Waals surface area contributed by atoms with Crippen molar-refractivity contribution in [1.29, 1.82) is 0 Å². The van der Waals surface area contributed by atoms with Crippen molar-refractivity contribution in [2.24, 2.45) is 0 Å². The molecular weight excluding hydrogens is 318 g/mol. The third-order valence-corrected chi connectivity index (χ3v) is 5.49. The maximum atomic E-state index is 6.17. The van der Waals surface area contributed by atoms with Crippen molar-refractivity contribution < 1.29 is 0 Å². The molecule has 2 heterocycles. The Balaban J connectivity index is 1.75. The minimum absolute atomic E-state index is 0.736. The zero-order chi connectivity index (χ0) is 13.1. The second-order valence-electron chi connectivity index (χ2n) is 3.62. The fourth-order valence-electron chi connectivity index (χ4n) is 1.49. The van der Waals surface area contributed by atoms with E-state index in [0.29, 0.717) is 0 Å². The van der Waals surface area contributed by atoms with E-state index < -0.39 is 0 Å². The van der Waals surface area contributed by atoms with Crippen LogP contribution in [0.1, 0.15) is 5.69 Å². The molecule has 19 heavy (non-hydrogen) atoms. The molecule has 3 nitrogen and oxygen atoms in total. The molecule has 0 bridgehead atoms. The third kappa shape index (κ3) is 3.14. The molecule has 0 aliphatic carbocycles. The number of aromatic nitrogens is 3. The van der Waals surface area contributed by atoms with Crippen molar-refractivity contribution in [3.05, 3.63) is 45.9 Å². The molecule has 7 heteroatoms. The molecule has 0 N–H and O–H groups in total. The standard InChI is InChI=1S/C12H8ClN3S3/c13-10-4-2-1-3-9(10)11-15-8(5-17-11)6-18-12-16-14-7-19-12/h1-5,7H,6H2. The van der Waals surface area contributed by atoms with E-state index in [1.165, 1.54) is 0 Å². The van der Waals surface area contributed by atoms with Crippen LogP contribution >= 0.6 is 46.0 Å². The molecule has 0 aliphatic heterocycles. The summed E-state index contributed by atoms with van der Waals surface area (Å²) >= 11 is 11.0. The Morgan fingerprint density at radius 1 is 1.21 bits per heavy atom. The Bertz CT molecular complexity index is 666. The van der Waals surface area contributed by atoms with Gasteiger partial charge in [-0.15, -0.1) is 21.5 Å². The lowest BCUT2D eigenvalue weighted by molar-refractivity contribution is 1.01. The van der Waals surface area contributed by atoms with Gasteiger partial charge in [-0.3, -0.25) is 0 Å². The summed E-state index contributed by atoms with van der Waals surface area (Å²) in [6.45, 7) is 0. The minimum Gasteiger partial charge on any atom is -0.240 e. The lowest BCUT2D eigenvalue weighted by Gasteiger charge is -1.98. The summed E-state index contributed by atoms with van der Waals surface area (Å²) in [6.07, 6.45) is 0. The smallest absolute Gasteiger partial charge is 0.174 e. The van der Waals surface area contributed by atoms with Crippen molar-refractivity contribution in [3.63, 3.8) is 0 Å². The van der Waals surface area contributed by atoms with Gasteiger partial charge in [-0.1, -0.05) is 52.9 Å². The summed E-state index contributed by atoms with van der Waals surface area (Å²) in [4.78, 5) is 4.61. The summed E-state index contributed by atoms with van der Waals surface area (Å²) in [7, 11) is 0. The number of halogens is 1. The summed E-state index contributed by atoms with van der Waals surface area (Å²) in [6, 6.07) is 7.76. The maximum Gasteiger partial charge on any atom is 0.174 e. The first-order valence-corrected chi connectivity index (χ1v) is 8.53. The van der Waals surface area contributed by atoms with E-state index in [1.807, 2.05) is 24.3 Å². The summed E-state index contributed by atoms with van der Waals surface area (Å²) in [5.41, 5.74) is 3.76. The third-order valence-electron chi connectivity index (χ3n) is 2.34. The van der Waals surface area contributed by atoms with Gasteiger partial charge in [0, 0.05) is 16.7 Å². The molecule has 0 amide bonds. The van der Waals surface area contributed by atoms with Crippen molar-refractivity contribution >= 4 is 46.0 Å². The quantitative estimate of drug-likeness (QED) is 0.657. The van der Waals surface area contributed by atoms with Crippen LogP contribution in [0.4, 0.5) is 0 Å². The summed E-state index contributed by atoms with van der Waals surface area (Å²) in [5.74, 6) is 0.802. The van der Waals surface area contributed by atoms with E-state index in [-0.39, 0.29) is 0 Å². The summed E-state index contributed by atoms with van der Waals surface area (Å²) < 4.78 is 0.965. The monoisotopic (exact) mass is 325 g/mol. The van der Waals surface area contributed by atoms with E-state index in [2.05, 4.69) is 20.6 Å². The normalized spacial score (nSPS) is 10.8. The zero-order valence-corrected chi connectivity index (χ0v) is 12.8. The van der Waals surface area contributed by atoms with E-state index in [1.54, 1.807) is 39.9 Å².